The van der Waals surface area contributed by atoms with Crippen molar-refractivity contribution in [1.82, 2.24) is 15.6 Å². The number of carbonyl (C=O) groups is 2. The van der Waals surface area contributed by atoms with Crippen molar-refractivity contribution in [2.45, 2.75) is 52.0 Å². The third-order valence-corrected chi connectivity index (χ3v) is 4.36. The Morgan fingerprint density at radius 1 is 1.26 bits per heavy atom. The molecule has 27 heavy (non-hydrogen) atoms. The fraction of sp³-hybridized carbons (Fsp3) is 0.421. The Bertz CT molecular complexity index is 756. The molecule has 0 bridgehead atoms. The van der Waals surface area contributed by atoms with Gasteiger partial charge in [-0.2, -0.15) is 0 Å². The lowest BCUT2D eigenvalue weighted by molar-refractivity contribution is -0.123. The van der Waals surface area contributed by atoms with E-state index in [-0.39, 0.29) is 19.1 Å². The second kappa shape index (κ2) is 9.48. The Morgan fingerprint density at radius 3 is 2.56 bits per heavy atom. The minimum atomic E-state index is -0.778. The minimum Gasteiger partial charge on any atom is -0.444 e. The molecule has 0 unspecified atom stereocenters. The fourth-order valence-electron chi connectivity index (χ4n) is 2.30. The van der Waals surface area contributed by atoms with Gasteiger partial charge in [-0.3, -0.25) is 4.79 Å². The first-order valence-electron chi connectivity index (χ1n) is 8.62. The summed E-state index contributed by atoms with van der Waals surface area (Å²) < 4.78 is 5.27. The van der Waals surface area contributed by atoms with Crippen LogP contribution in [0, 0.1) is 0 Å². The Labute approximate surface area is 162 Å². The van der Waals surface area contributed by atoms with Crippen LogP contribution in [0.2, 0.25) is 0 Å². The second-order valence-corrected chi connectivity index (χ2v) is 7.94. The molecule has 2 rings (SSSR count). The van der Waals surface area contributed by atoms with Crippen LogP contribution in [0.3, 0.4) is 0 Å². The molecule has 0 aliphatic carbocycles. The standard InChI is InChI=1S/C19H25N3O4S/c1-19(2,3)26-18(25)22-15(9-13-7-5-4-6-8-13)17(24)20-10-16-21-14(11-23)12-27-16/h4-8,12,15,23H,9-11H2,1-3H3,(H,20,24)(H,22,25)/t15-/m0/s1. The zero-order chi connectivity index (χ0) is 19.9. The molecule has 2 aromatic rings. The molecule has 3 N–H and O–H groups in total. The number of nitrogens with one attached hydrogen (secondary N) is 2. The van der Waals surface area contributed by atoms with Gasteiger partial charge in [0, 0.05) is 11.8 Å². The number of ether oxygens (including phenoxy) is 1. The highest BCUT2D eigenvalue weighted by atomic mass is 32.1. The molecule has 1 atom stereocenters. The van der Waals surface area contributed by atoms with Gasteiger partial charge in [-0.15, -0.1) is 11.3 Å². The first kappa shape index (κ1) is 20.9. The van der Waals surface area contributed by atoms with Gasteiger partial charge in [-0.25, -0.2) is 9.78 Å². The molecule has 8 heteroatoms. The number of alkyl carbamates (subject to hydrolysis) is 1. The number of amides is 2. The van der Waals surface area contributed by atoms with Crippen LogP contribution in [0.15, 0.2) is 35.7 Å². The molecule has 2 amide bonds. The Morgan fingerprint density at radius 2 is 1.96 bits per heavy atom. The third kappa shape index (κ3) is 7.36. The highest BCUT2D eigenvalue weighted by molar-refractivity contribution is 7.09. The number of carbonyl (C=O) groups excluding carboxylic acids is 2. The van der Waals surface area contributed by atoms with Gasteiger partial charge in [-0.05, 0) is 26.3 Å². The minimum absolute atomic E-state index is 0.138. The van der Waals surface area contributed by atoms with Crippen molar-refractivity contribution in [2.24, 2.45) is 0 Å². The van der Waals surface area contributed by atoms with Crippen molar-refractivity contribution in [2.75, 3.05) is 0 Å². The summed E-state index contributed by atoms with van der Waals surface area (Å²) in [5, 5.41) is 16.9. The molecule has 1 aromatic heterocycles. The van der Waals surface area contributed by atoms with Gasteiger partial charge in [-0.1, -0.05) is 30.3 Å². The van der Waals surface area contributed by atoms with Gasteiger partial charge in [0.25, 0.3) is 0 Å². The monoisotopic (exact) mass is 391 g/mol. The number of rotatable bonds is 7. The highest BCUT2D eigenvalue weighted by Crippen LogP contribution is 2.11. The van der Waals surface area contributed by atoms with E-state index in [1.807, 2.05) is 30.3 Å². The molecule has 0 fully saturated rings. The average Bonchev–Trinajstić information content (AvgIpc) is 3.06. The summed E-state index contributed by atoms with van der Waals surface area (Å²) in [6, 6.07) is 8.66. The molecule has 1 heterocycles. The molecular weight excluding hydrogens is 366 g/mol. The maximum atomic E-state index is 12.6. The first-order chi connectivity index (χ1) is 12.8. The summed E-state index contributed by atoms with van der Waals surface area (Å²) in [5.74, 6) is -0.328. The summed E-state index contributed by atoms with van der Waals surface area (Å²) in [5.41, 5.74) is 0.835. The van der Waals surface area contributed by atoms with E-state index in [0.29, 0.717) is 17.1 Å². The predicted octanol–water partition coefficient (Wildman–Crippen LogP) is 2.39. The Balaban J connectivity index is 2.02. The van der Waals surface area contributed by atoms with Crippen LogP contribution >= 0.6 is 11.3 Å². The molecule has 0 aliphatic rings. The van der Waals surface area contributed by atoms with Crippen molar-refractivity contribution in [1.29, 1.82) is 0 Å². The van der Waals surface area contributed by atoms with Crippen molar-refractivity contribution < 1.29 is 19.4 Å². The topological polar surface area (TPSA) is 101 Å². The lowest BCUT2D eigenvalue weighted by atomic mass is 10.1. The maximum Gasteiger partial charge on any atom is 0.408 e. The molecular formula is C19H25N3O4S. The van der Waals surface area contributed by atoms with Gasteiger partial charge in [0.2, 0.25) is 5.91 Å². The SMILES string of the molecule is CC(C)(C)OC(=O)N[C@@H](Cc1ccccc1)C(=O)NCc1nc(CO)cs1. The Kier molecular flexibility index (Phi) is 7.32. The highest BCUT2D eigenvalue weighted by Gasteiger charge is 2.24. The van der Waals surface area contributed by atoms with Crippen LogP contribution < -0.4 is 10.6 Å². The van der Waals surface area contributed by atoms with Gasteiger partial charge in [0.15, 0.2) is 0 Å². The molecule has 0 radical (unpaired) electrons. The molecule has 1 aromatic carbocycles. The van der Waals surface area contributed by atoms with Crippen molar-refractivity contribution in [3.8, 4) is 0 Å². The summed E-state index contributed by atoms with van der Waals surface area (Å²) in [4.78, 5) is 29.0. The number of aliphatic hydroxyl groups is 1. The molecule has 0 saturated carbocycles. The van der Waals surface area contributed by atoms with E-state index in [2.05, 4.69) is 15.6 Å². The molecule has 7 nitrogen and oxygen atoms in total. The summed E-state index contributed by atoms with van der Waals surface area (Å²) in [7, 11) is 0. The van der Waals surface area contributed by atoms with E-state index in [1.165, 1.54) is 11.3 Å². The van der Waals surface area contributed by atoms with Crippen LogP contribution in [-0.2, 0) is 29.1 Å². The van der Waals surface area contributed by atoms with Crippen LogP contribution in [-0.4, -0.2) is 33.7 Å². The number of nitrogens with zero attached hydrogens (tertiary/aromatic N) is 1. The lowest BCUT2D eigenvalue weighted by Gasteiger charge is -2.23. The number of thiazole rings is 1. The largest absolute Gasteiger partial charge is 0.444 e. The summed E-state index contributed by atoms with van der Waals surface area (Å²) in [6.45, 7) is 5.38. The zero-order valence-electron chi connectivity index (χ0n) is 15.7. The molecule has 0 aliphatic heterocycles. The van der Waals surface area contributed by atoms with Gasteiger partial charge in [0.1, 0.15) is 16.7 Å². The molecule has 0 spiro atoms. The number of hydrogen-bond acceptors (Lipinski definition) is 6. The van der Waals surface area contributed by atoms with E-state index < -0.39 is 17.7 Å². The quantitative estimate of drug-likeness (QED) is 0.673. The van der Waals surface area contributed by atoms with Crippen LogP contribution in [0.25, 0.3) is 0 Å². The number of aromatic nitrogens is 1. The zero-order valence-corrected chi connectivity index (χ0v) is 16.5. The van der Waals surface area contributed by atoms with Crippen LogP contribution in [0.4, 0.5) is 4.79 Å². The number of hydrogen-bond donors (Lipinski definition) is 3. The second-order valence-electron chi connectivity index (χ2n) is 7.00. The number of aliphatic hydroxyl groups excluding tert-OH is 1. The summed E-state index contributed by atoms with van der Waals surface area (Å²) >= 11 is 1.36. The predicted molar refractivity (Wildman–Crippen MR) is 103 cm³/mol. The average molecular weight is 391 g/mol. The van der Waals surface area contributed by atoms with E-state index in [4.69, 9.17) is 9.84 Å². The van der Waals surface area contributed by atoms with Crippen molar-refractivity contribution in [3.63, 3.8) is 0 Å². The Hall–Kier alpha value is -2.45. The van der Waals surface area contributed by atoms with Crippen molar-refractivity contribution >= 4 is 23.3 Å². The third-order valence-electron chi connectivity index (χ3n) is 3.47. The maximum absolute atomic E-state index is 12.6. The van der Waals surface area contributed by atoms with E-state index in [9.17, 15) is 9.59 Å². The molecule has 0 saturated heterocycles. The number of benzene rings is 1. The smallest absolute Gasteiger partial charge is 0.408 e. The lowest BCUT2D eigenvalue weighted by Crippen LogP contribution is -2.49. The first-order valence-corrected chi connectivity index (χ1v) is 9.50. The molecule has 146 valence electrons. The van der Waals surface area contributed by atoms with Crippen LogP contribution in [0.5, 0.6) is 0 Å². The van der Waals surface area contributed by atoms with Gasteiger partial charge < -0.3 is 20.5 Å². The van der Waals surface area contributed by atoms with Gasteiger partial charge >= 0.3 is 6.09 Å². The van der Waals surface area contributed by atoms with E-state index >= 15 is 0 Å². The van der Waals surface area contributed by atoms with E-state index in [1.54, 1.807) is 26.2 Å². The van der Waals surface area contributed by atoms with Crippen molar-refractivity contribution in [3.05, 3.63) is 52.0 Å². The van der Waals surface area contributed by atoms with E-state index in [0.717, 1.165) is 5.56 Å². The fourth-order valence-corrected chi connectivity index (χ4v) is 3.02. The summed E-state index contributed by atoms with van der Waals surface area (Å²) in [6.07, 6.45) is -0.304. The van der Waals surface area contributed by atoms with Crippen LogP contribution in [0.1, 0.15) is 37.0 Å². The normalized spacial score (nSPS) is 12.3. The van der Waals surface area contributed by atoms with Gasteiger partial charge in [0.05, 0.1) is 18.8 Å².